The molecule has 0 aliphatic carbocycles. The van der Waals surface area contributed by atoms with E-state index < -0.39 is 0 Å². The first-order valence-electron chi connectivity index (χ1n) is 5.51. The molecule has 16 heavy (non-hydrogen) atoms. The van der Waals surface area contributed by atoms with Crippen LogP contribution in [0.3, 0.4) is 0 Å². The number of aryl methyl sites for hydroxylation is 2. The molecule has 0 amide bonds. The summed E-state index contributed by atoms with van der Waals surface area (Å²) in [5.41, 5.74) is 1.13. The van der Waals surface area contributed by atoms with Gasteiger partial charge in [-0.25, -0.2) is 0 Å². The van der Waals surface area contributed by atoms with E-state index in [4.69, 9.17) is 14.3 Å². The van der Waals surface area contributed by atoms with Crippen LogP contribution in [0.2, 0.25) is 0 Å². The summed E-state index contributed by atoms with van der Waals surface area (Å²) in [7, 11) is 1.63. The number of rotatable bonds is 6. The monoisotopic (exact) mass is 227 g/mol. The summed E-state index contributed by atoms with van der Waals surface area (Å²) in [5.74, 6) is 1.83. The van der Waals surface area contributed by atoms with Gasteiger partial charge in [-0.1, -0.05) is 0 Å². The van der Waals surface area contributed by atoms with Crippen LogP contribution in [0.4, 0.5) is 0 Å². The van der Waals surface area contributed by atoms with Gasteiger partial charge in [0.1, 0.15) is 11.5 Å². The molecule has 1 heterocycles. The molecular weight excluding hydrogens is 206 g/mol. The normalized spacial score (nSPS) is 15.1. The van der Waals surface area contributed by atoms with Gasteiger partial charge in [0.2, 0.25) is 0 Å². The number of methoxy groups -OCH3 is 1. The highest BCUT2D eigenvalue weighted by Gasteiger charge is 2.16. The highest BCUT2D eigenvalue weighted by atomic mass is 16.5. The summed E-state index contributed by atoms with van der Waals surface area (Å²) in [5, 5.41) is 12.5. The third-order valence-corrected chi connectivity index (χ3v) is 2.62. The quantitative estimate of drug-likeness (QED) is 0.774. The molecule has 1 rings (SSSR count). The molecule has 2 atom stereocenters. The summed E-state index contributed by atoms with van der Waals surface area (Å²) in [6.07, 6.45) is 0. The lowest BCUT2D eigenvalue weighted by atomic mass is 10.1. The maximum Gasteiger partial charge on any atom is 0.105 e. The van der Waals surface area contributed by atoms with Crippen molar-refractivity contribution >= 4 is 0 Å². The van der Waals surface area contributed by atoms with E-state index in [1.54, 1.807) is 7.11 Å². The van der Waals surface area contributed by atoms with E-state index in [1.165, 1.54) is 0 Å². The smallest absolute Gasteiger partial charge is 0.105 e. The van der Waals surface area contributed by atoms with Gasteiger partial charge in [0.05, 0.1) is 19.3 Å². The van der Waals surface area contributed by atoms with Crippen LogP contribution in [0.5, 0.6) is 0 Å². The third kappa shape index (κ3) is 3.33. The number of hydrogen-bond donors (Lipinski definition) is 2. The van der Waals surface area contributed by atoms with Gasteiger partial charge in [-0.05, 0) is 26.8 Å². The van der Waals surface area contributed by atoms with Crippen LogP contribution >= 0.6 is 0 Å². The largest absolute Gasteiger partial charge is 0.466 e. The molecule has 0 spiro atoms. The van der Waals surface area contributed by atoms with Crippen molar-refractivity contribution in [3.63, 3.8) is 0 Å². The first kappa shape index (κ1) is 13.2. The number of nitrogens with one attached hydrogen (secondary N) is 1. The zero-order valence-electron chi connectivity index (χ0n) is 10.4. The standard InChI is InChI=1S/C12H21NO3/c1-8-5-12(10(3)16-8)9(2)13-11(6-14)7-15-4/h5,9,11,13-14H,6-7H2,1-4H3. The van der Waals surface area contributed by atoms with Crippen LogP contribution < -0.4 is 5.32 Å². The number of furan rings is 1. The zero-order chi connectivity index (χ0) is 12.1. The first-order chi connectivity index (χ1) is 7.58. The van der Waals surface area contributed by atoms with E-state index >= 15 is 0 Å². The van der Waals surface area contributed by atoms with Crippen LogP contribution in [0.25, 0.3) is 0 Å². The van der Waals surface area contributed by atoms with Gasteiger partial charge >= 0.3 is 0 Å². The minimum absolute atomic E-state index is 0.0467. The van der Waals surface area contributed by atoms with Crippen molar-refractivity contribution in [2.24, 2.45) is 0 Å². The number of hydrogen-bond acceptors (Lipinski definition) is 4. The van der Waals surface area contributed by atoms with E-state index in [2.05, 4.69) is 12.2 Å². The molecule has 4 heteroatoms. The zero-order valence-corrected chi connectivity index (χ0v) is 10.4. The van der Waals surface area contributed by atoms with E-state index in [1.807, 2.05) is 19.9 Å². The molecule has 0 saturated carbocycles. The predicted molar refractivity (Wildman–Crippen MR) is 62.5 cm³/mol. The fourth-order valence-corrected chi connectivity index (χ4v) is 1.88. The van der Waals surface area contributed by atoms with Gasteiger partial charge in [-0.3, -0.25) is 0 Å². The Bertz CT molecular complexity index is 322. The Morgan fingerprint density at radius 1 is 1.50 bits per heavy atom. The number of aliphatic hydroxyl groups is 1. The Morgan fingerprint density at radius 3 is 2.62 bits per heavy atom. The summed E-state index contributed by atoms with van der Waals surface area (Å²) in [6.45, 7) is 6.49. The van der Waals surface area contributed by atoms with E-state index in [-0.39, 0.29) is 18.7 Å². The third-order valence-electron chi connectivity index (χ3n) is 2.62. The Labute approximate surface area is 96.6 Å². The van der Waals surface area contributed by atoms with E-state index in [0.717, 1.165) is 17.1 Å². The SMILES string of the molecule is COCC(CO)NC(C)c1cc(C)oc1C. The molecule has 4 nitrogen and oxygen atoms in total. The Balaban J connectivity index is 2.63. The molecule has 0 bridgehead atoms. The fraction of sp³-hybridized carbons (Fsp3) is 0.667. The van der Waals surface area contributed by atoms with Gasteiger partial charge in [0, 0.05) is 18.7 Å². The predicted octanol–water partition coefficient (Wildman–Crippen LogP) is 1.55. The lowest BCUT2D eigenvalue weighted by molar-refractivity contribution is 0.123. The van der Waals surface area contributed by atoms with E-state index in [0.29, 0.717) is 6.61 Å². The molecule has 0 saturated heterocycles. The summed E-state index contributed by atoms with van der Waals surface area (Å²) >= 11 is 0. The van der Waals surface area contributed by atoms with Crippen molar-refractivity contribution in [3.8, 4) is 0 Å². The van der Waals surface area contributed by atoms with Crippen LogP contribution in [0.15, 0.2) is 10.5 Å². The van der Waals surface area contributed by atoms with Gasteiger partial charge < -0.3 is 19.6 Å². The molecule has 0 aromatic carbocycles. The molecule has 1 aromatic heterocycles. The van der Waals surface area contributed by atoms with Gasteiger partial charge in [0.15, 0.2) is 0 Å². The highest BCUT2D eigenvalue weighted by Crippen LogP contribution is 2.21. The second-order valence-corrected chi connectivity index (χ2v) is 4.09. The Hall–Kier alpha value is -0.840. The molecular formula is C12H21NO3. The van der Waals surface area contributed by atoms with E-state index in [9.17, 15) is 0 Å². The van der Waals surface area contributed by atoms with Crippen molar-refractivity contribution in [2.45, 2.75) is 32.9 Å². The van der Waals surface area contributed by atoms with Crippen molar-refractivity contribution in [1.82, 2.24) is 5.32 Å². The maximum absolute atomic E-state index is 9.16. The summed E-state index contributed by atoms with van der Waals surface area (Å²) < 4.78 is 10.5. The van der Waals surface area contributed by atoms with Gasteiger partial charge in [0.25, 0.3) is 0 Å². The molecule has 2 unspecified atom stereocenters. The Morgan fingerprint density at radius 2 is 2.19 bits per heavy atom. The highest BCUT2D eigenvalue weighted by molar-refractivity contribution is 5.23. The van der Waals surface area contributed by atoms with Crippen molar-refractivity contribution in [2.75, 3.05) is 20.3 Å². The van der Waals surface area contributed by atoms with Crippen molar-refractivity contribution in [3.05, 3.63) is 23.2 Å². The first-order valence-corrected chi connectivity index (χ1v) is 5.51. The molecule has 0 radical (unpaired) electrons. The van der Waals surface area contributed by atoms with Crippen molar-refractivity contribution in [1.29, 1.82) is 0 Å². The second kappa shape index (κ2) is 6.03. The lowest BCUT2D eigenvalue weighted by Crippen LogP contribution is -2.38. The molecule has 1 aromatic rings. The molecule has 2 N–H and O–H groups in total. The van der Waals surface area contributed by atoms with Crippen LogP contribution in [0, 0.1) is 13.8 Å². The minimum atomic E-state index is -0.0467. The topological polar surface area (TPSA) is 54.6 Å². The average Bonchev–Trinajstić information content (AvgIpc) is 2.57. The maximum atomic E-state index is 9.16. The van der Waals surface area contributed by atoms with Gasteiger partial charge in [-0.15, -0.1) is 0 Å². The minimum Gasteiger partial charge on any atom is -0.466 e. The average molecular weight is 227 g/mol. The summed E-state index contributed by atoms with van der Waals surface area (Å²) in [6, 6.07) is 2.12. The van der Waals surface area contributed by atoms with Crippen LogP contribution in [-0.4, -0.2) is 31.5 Å². The molecule has 0 aliphatic heterocycles. The second-order valence-electron chi connectivity index (χ2n) is 4.09. The fourth-order valence-electron chi connectivity index (χ4n) is 1.88. The lowest BCUT2D eigenvalue weighted by Gasteiger charge is -2.20. The van der Waals surface area contributed by atoms with Crippen LogP contribution in [0.1, 0.15) is 30.0 Å². The van der Waals surface area contributed by atoms with Crippen molar-refractivity contribution < 1.29 is 14.3 Å². The molecule has 0 aliphatic rings. The Kier molecular flexibility index (Phi) is 4.99. The summed E-state index contributed by atoms with van der Waals surface area (Å²) in [4.78, 5) is 0. The number of ether oxygens (including phenoxy) is 1. The van der Waals surface area contributed by atoms with Crippen LogP contribution in [-0.2, 0) is 4.74 Å². The van der Waals surface area contributed by atoms with Gasteiger partial charge in [-0.2, -0.15) is 0 Å². The molecule has 0 fully saturated rings. The number of aliphatic hydroxyl groups excluding tert-OH is 1. The molecule has 92 valence electrons.